The van der Waals surface area contributed by atoms with Gasteiger partial charge in [0.25, 0.3) is 0 Å². The fraction of sp³-hybridized carbons (Fsp3) is 0.250. The first-order valence-electron chi connectivity index (χ1n) is 9.69. The molecular formula is C24H24O6. The SMILES string of the molecule is Cc1cc(O)c2c(c1)/C=C/C[C@H](O)[C@H](O)C(=O)/C=C/CC(c1ccccc1)OC2=O. The van der Waals surface area contributed by atoms with Crippen molar-refractivity contribution in [3.8, 4) is 5.75 Å². The van der Waals surface area contributed by atoms with Crippen molar-refractivity contribution < 1.29 is 29.6 Å². The van der Waals surface area contributed by atoms with Gasteiger partial charge in [-0.2, -0.15) is 0 Å². The summed E-state index contributed by atoms with van der Waals surface area (Å²) in [5.74, 6) is -1.52. The van der Waals surface area contributed by atoms with Crippen molar-refractivity contribution in [3.05, 3.63) is 82.9 Å². The van der Waals surface area contributed by atoms with E-state index >= 15 is 0 Å². The third-order valence-corrected chi connectivity index (χ3v) is 4.88. The van der Waals surface area contributed by atoms with E-state index in [0.717, 1.165) is 11.1 Å². The molecule has 156 valence electrons. The zero-order valence-corrected chi connectivity index (χ0v) is 16.6. The zero-order valence-electron chi connectivity index (χ0n) is 16.6. The maximum atomic E-state index is 13.0. The van der Waals surface area contributed by atoms with Crippen molar-refractivity contribution in [1.29, 1.82) is 0 Å². The Balaban J connectivity index is 2.05. The molecule has 30 heavy (non-hydrogen) atoms. The van der Waals surface area contributed by atoms with Crippen LogP contribution in [0.2, 0.25) is 0 Å². The summed E-state index contributed by atoms with van der Waals surface area (Å²) in [6.07, 6.45) is 2.41. The summed E-state index contributed by atoms with van der Waals surface area (Å²) < 4.78 is 5.70. The topological polar surface area (TPSA) is 104 Å². The fourth-order valence-corrected chi connectivity index (χ4v) is 3.32. The predicted molar refractivity (Wildman–Crippen MR) is 112 cm³/mol. The second-order valence-electron chi connectivity index (χ2n) is 7.24. The van der Waals surface area contributed by atoms with Crippen molar-refractivity contribution >= 4 is 17.8 Å². The number of carbonyl (C=O) groups is 2. The van der Waals surface area contributed by atoms with Gasteiger partial charge in [0.2, 0.25) is 0 Å². The average molecular weight is 408 g/mol. The Morgan fingerprint density at radius 2 is 1.67 bits per heavy atom. The summed E-state index contributed by atoms with van der Waals surface area (Å²) >= 11 is 0. The first-order chi connectivity index (χ1) is 14.4. The number of aromatic hydroxyl groups is 1. The monoisotopic (exact) mass is 408 g/mol. The number of carbonyl (C=O) groups excluding carboxylic acids is 2. The summed E-state index contributed by atoms with van der Waals surface area (Å²) in [4.78, 5) is 25.1. The predicted octanol–water partition coefficient (Wildman–Crippen LogP) is 3.25. The van der Waals surface area contributed by atoms with Crippen LogP contribution in [0.5, 0.6) is 5.75 Å². The number of ether oxygens (including phenoxy) is 1. The maximum Gasteiger partial charge on any atom is 0.343 e. The summed E-state index contributed by atoms with van der Waals surface area (Å²) in [6.45, 7) is 1.78. The van der Waals surface area contributed by atoms with Crippen molar-refractivity contribution in [2.75, 3.05) is 0 Å². The normalized spacial score (nSPS) is 25.0. The van der Waals surface area contributed by atoms with Crippen LogP contribution in [0.15, 0.2) is 60.7 Å². The minimum Gasteiger partial charge on any atom is -0.507 e. The number of aliphatic hydroxyl groups excluding tert-OH is 2. The number of benzene rings is 2. The Bertz CT molecular complexity index is 977. The number of phenolic OH excluding ortho intramolecular Hbond substituents is 1. The van der Waals surface area contributed by atoms with E-state index in [-0.39, 0.29) is 24.2 Å². The fourth-order valence-electron chi connectivity index (χ4n) is 3.32. The number of hydrogen-bond acceptors (Lipinski definition) is 6. The molecule has 0 aliphatic carbocycles. The third kappa shape index (κ3) is 5.03. The number of esters is 1. The number of ketones is 1. The number of cyclic esters (lactones) is 1. The number of rotatable bonds is 1. The van der Waals surface area contributed by atoms with Gasteiger partial charge in [-0.25, -0.2) is 4.79 Å². The molecule has 6 nitrogen and oxygen atoms in total. The molecule has 3 rings (SSSR count). The van der Waals surface area contributed by atoms with E-state index < -0.39 is 30.1 Å². The largest absolute Gasteiger partial charge is 0.507 e. The van der Waals surface area contributed by atoms with Gasteiger partial charge in [0.1, 0.15) is 23.5 Å². The van der Waals surface area contributed by atoms with Crippen molar-refractivity contribution in [2.24, 2.45) is 0 Å². The van der Waals surface area contributed by atoms with Crippen LogP contribution in [0, 0.1) is 6.92 Å². The van der Waals surface area contributed by atoms with Crippen LogP contribution in [-0.4, -0.2) is 39.3 Å². The molecule has 0 saturated heterocycles. The molecule has 0 aromatic heterocycles. The van der Waals surface area contributed by atoms with E-state index in [9.17, 15) is 24.9 Å². The summed E-state index contributed by atoms with van der Waals surface area (Å²) in [5, 5.41) is 30.6. The molecule has 0 radical (unpaired) electrons. The van der Waals surface area contributed by atoms with Crippen LogP contribution < -0.4 is 0 Å². The molecular weight excluding hydrogens is 384 g/mol. The van der Waals surface area contributed by atoms with Gasteiger partial charge in [-0.3, -0.25) is 4.79 Å². The molecule has 0 saturated carbocycles. The number of phenols is 1. The molecule has 2 aromatic carbocycles. The minimum atomic E-state index is -1.56. The summed E-state index contributed by atoms with van der Waals surface area (Å²) in [6, 6.07) is 12.2. The Hall–Kier alpha value is -3.22. The van der Waals surface area contributed by atoms with E-state index in [2.05, 4.69) is 0 Å². The molecule has 0 bridgehead atoms. The van der Waals surface area contributed by atoms with E-state index in [1.165, 1.54) is 24.3 Å². The first-order valence-corrected chi connectivity index (χ1v) is 9.69. The van der Waals surface area contributed by atoms with Gasteiger partial charge in [-0.15, -0.1) is 0 Å². The first kappa shape index (κ1) is 21.5. The van der Waals surface area contributed by atoms with Crippen LogP contribution in [0.4, 0.5) is 0 Å². The van der Waals surface area contributed by atoms with Crippen LogP contribution in [0.25, 0.3) is 6.08 Å². The lowest BCUT2D eigenvalue weighted by atomic mass is 9.99. The lowest BCUT2D eigenvalue weighted by molar-refractivity contribution is -0.127. The van der Waals surface area contributed by atoms with Crippen LogP contribution >= 0.6 is 0 Å². The van der Waals surface area contributed by atoms with Gasteiger partial charge in [0.15, 0.2) is 5.78 Å². The number of hydrogen-bond donors (Lipinski definition) is 3. The highest BCUT2D eigenvalue weighted by atomic mass is 16.5. The van der Waals surface area contributed by atoms with E-state index in [1.54, 1.807) is 43.3 Å². The Kier molecular flexibility index (Phi) is 6.82. The Morgan fingerprint density at radius 3 is 2.40 bits per heavy atom. The molecule has 2 aromatic rings. The quantitative estimate of drug-likeness (QED) is 0.626. The van der Waals surface area contributed by atoms with Gasteiger partial charge in [-0.05, 0) is 42.2 Å². The Morgan fingerprint density at radius 1 is 0.967 bits per heavy atom. The van der Waals surface area contributed by atoms with Crippen molar-refractivity contribution in [2.45, 2.75) is 38.1 Å². The molecule has 3 atom stereocenters. The molecule has 6 heteroatoms. The van der Waals surface area contributed by atoms with E-state index in [0.29, 0.717) is 5.56 Å². The Labute approximate surface area is 174 Å². The van der Waals surface area contributed by atoms with Gasteiger partial charge >= 0.3 is 5.97 Å². The maximum absolute atomic E-state index is 13.0. The highest BCUT2D eigenvalue weighted by Gasteiger charge is 2.24. The number of fused-ring (bicyclic) bond motifs is 1. The van der Waals surface area contributed by atoms with E-state index in [4.69, 9.17) is 4.74 Å². The molecule has 1 unspecified atom stereocenters. The zero-order chi connectivity index (χ0) is 21.7. The van der Waals surface area contributed by atoms with E-state index in [1.807, 2.05) is 6.07 Å². The van der Waals surface area contributed by atoms with Gasteiger partial charge < -0.3 is 20.1 Å². The molecule has 1 aliphatic heterocycles. The van der Waals surface area contributed by atoms with Gasteiger partial charge in [0.05, 0.1) is 6.10 Å². The standard InChI is InChI=1S/C24H24O6/c1-15-13-17-9-5-10-18(25)23(28)19(26)11-6-12-21(16-7-3-2-4-8-16)30-24(29)22(17)20(27)14-15/h2-9,11,13-14,18,21,23,25,27-28H,10,12H2,1H3/b9-5+,11-6+/t18-,21?,23-/m0/s1. The highest BCUT2D eigenvalue weighted by molar-refractivity contribution is 5.97. The lowest BCUT2D eigenvalue weighted by Gasteiger charge is -2.19. The minimum absolute atomic E-state index is 0.00339. The molecule has 0 spiro atoms. The molecule has 0 amide bonds. The lowest BCUT2D eigenvalue weighted by Crippen LogP contribution is -2.32. The highest BCUT2D eigenvalue weighted by Crippen LogP contribution is 2.30. The molecule has 1 aliphatic rings. The summed E-state index contributed by atoms with van der Waals surface area (Å²) in [7, 11) is 0. The van der Waals surface area contributed by atoms with Crippen LogP contribution in [0.1, 0.15) is 46.0 Å². The molecule has 1 heterocycles. The third-order valence-electron chi connectivity index (χ3n) is 4.88. The molecule has 0 fully saturated rings. The van der Waals surface area contributed by atoms with Gasteiger partial charge in [-0.1, -0.05) is 54.6 Å². The average Bonchev–Trinajstić information content (AvgIpc) is 2.71. The summed E-state index contributed by atoms with van der Waals surface area (Å²) in [5.41, 5.74) is 1.90. The van der Waals surface area contributed by atoms with Crippen molar-refractivity contribution in [3.63, 3.8) is 0 Å². The van der Waals surface area contributed by atoms with Crippen LogP contribution in [-0.2, 0) is 9.53 Å². The smallest absolute Gasteiger partial charge is 0.343 e. The van der Waals surface area contributed by atoms with Crippen molar-refractivity contribution in [1.82, 2.24) is 0 Å². The number of aliphatic hydroxyl groups is 2. The second-order valence-corrected chi connectivity index (χ2v) is 7.24. The second kappa shape index (κ2) is 9.52. The molecule has 3 N–H and O–H groups in total. The number of aryl methyl sites for hydroxylation is 1. The van der Waals surface area contributed by atoms with Gasteiger partial charge in [0, 0.05) is 6.42 Å². The van der Waals surface area contributed by atoms with Crippen LogP contribution in [0.3, 0.4) is 0 Å².